The van der Waals surface area contributed by atoms with Gasteiger partial charge in [-0.05, 0) is 0 Å². The second-order valence-electron chi connectivity index (χ2n) is 4.52. The van der Waals surface area contributed by atoms with Crippen LogP contribution in [0, 0.1) is 0 Å². The van der Waals surface area contributed by atoms with Crippen molar-refractivity contribution in [1.29, 1.82) is 0 Å². The van der Waals surface area contributed by atoms with Crippen LogP contribution in [0.15, 0.2) is 0 Å². The number of aliphatic hydroxyl groups excluding tert-OH is 2. The van der Waals surface area contributed by atoms with Crippen LogP contribution in [0.1, 0.15) is 6.92 Å². The molecule has 0 aromatic carbocycles. The molecule has 0 spiro atoms. The number of fused-ring (bicyclic) bond motifs is 1. The summed E-state index contributed by atoms with van der Waals surface area (Å²) < 4.78 is 35.4. The molecule has 122 valence electrons. The van der Waals surface area contributed by atoms with Crippen LogP contribution in [0.25, 0.3) is 0 Å². The zero-order chi connectivity index (χ0) is 16.3. The summed E-state index contributed by atoms with van der Waals surface area (Å²) in [5.41, 5.74) is 0. The number of nitrogens with one attached hydrogen (secondary N) is 1. The number of aliphatic hydroxyl groups is 5. The zero-order valence-corrected chi connectivity index (χ0v) is 11.3. The van der Waals surface area contributed by atoms with Gasteiger partial charge >= 0.3 is 22.1 Å². The van der Waals surface area contributed by atoms with Crippen LogP contribution in [0.4, 0.5) is 0 Å². The fourth-order valence-corrected chi connectivity index (χ4v) is 3.18. The number of carbonyl (C=O) groups excluding carboxylic acids is 1. The molecule has 0 radical (unpaired) electrons. The first-order valence-corrected chi connectivity index (χ1v) is 6.83. The lowest BCUT2D eigenvalue weighted by Gasteiger charge is -2.51. The van der Waals surface area contributed by atoms with Crippen molar-refractivity contribution >= 4 is 16.3 Å². The summed E-state index contributed by atoms with van der Waals surface area (Å²) in [6, 6.07) is 0. The van der Waals surface area contributed by atoms with Gasteiger partial charge in [0.2, 0.25) is 5.91 Å². The topological polar surface area (TPSA) is 192 Å². The minimum atomic E-state index is -5.05. The normalized spacial score (nSPS) is 48.7. The largest absolute Gasteiger partial charge is 0.406 e. The van der Waals surface area contributed by atoms with E-state index in [-0.39, 0.29) is 0 Å². The van der Waals surface area contributed by atoms with E-state index in [0.29, 0.717) is 0 Å². The molecule has 5 atom stereocenters. The SMILES string of the molecule is CC(=O)N[C@@]1(O)O[C@H](CO)[C@H](O)[C@@]2(O)OS(=O)(=O)O[C@@]12O. The molecule has 1 amide bonds. The Morgan fingerprint density at radius 3 is 2.33 bits per heavy atom. The van der Waals surface area contributed by atoms with Gasteiger partial charge in [0.05, 0.1) is 6.61 Å². The molecule has 0 aromatic heterocycles. The number of hydrogen-bond donors (Lipinski definition) is 6. The lowest BCUT2D eigenvalue weighted by atomic mass is 9.89. The number of carbonyl (C=O) groups is 1. The van der Waals surface area contributed by atoms with Gasteiger partial charge in [-0.3, -0.25) is 4.79 Å². The van der Waals surface area contributed by atoms with E-state index in [1.54, 1.807) is 5.32 Å². The van der Waals surface area contributed by atoms with E-state index in [9.17, 15) is 33.6 Å². The average molecular weight is 331 g/mol. The van der Waals surface area contributed by atoms with Crippen LogP contribution >= 0.6 is 0 Å². The fourth-order valence-electron chi connectivity index (χ4n) is 2.09. The van der Waals surface area contributed by atoms with E-state index in [1.165, 1.54) is 0 Å². The maximum Gasteiger partial charge on any atom is 0.406 e. The molecular formula is C8H13NO11S. The van der Waals surface area contributed by atoms with Gasteiger partial charge < -0.3 is 35.6 Å². The van der Waals surface area contributed by atoms with Gasteiger partial charge in [0.15, 0.2) is 0 Å². The van der Waals surface area contributed by atoms with E-state index in [2.05, 4.69) is 13.1 Å². The lowest BCUT2D eigenvalue weighted by Crippen LogP contribution is -2.82. The molecule has 2 aliphatic rings. The third-order valence-corrected chi connectivity index (χ3v) is 3.90. The van der Waals surface area contributed by atoms with Crippen molar-refractivity contribution in [3.8, 4) is 0 Å². The van der Waals surface area contributed by atoms with Gasteiger partial charge in [-0.1, -0.05) is 0 Å². The van der Waals surface area contributed by atoms with Crippen LogP contribution < -0.4 is 5.32 Å². The Morgan fingerprint density at radius 2 is 1.86 bits per heavy atom. The molecule has 0 unspecified atom stereocenters. The maximum absolute atomic E-state index is 11.3. The Kier molecular flexibility index (Phi) is 3.57. The molecule has 6 N–H and O–H groups in total. The second-order valence-corrected chi connectivity index (χ2v) is 5.67. The van der Waals surface area contributed by atoms with Crippen molar-refractivity contribution in [2.45, 2.75) is 36.6 Å². The molecule has 0 aromatic rings. The molecule has 2 saturated heterocycles. The highest BCUT2D eigenvalue weighted by molar-refractivity contribution is 7.82. The molecule has 13 heteroatoms. The fraction of sp³-hybridized carbons (Fsp3) is 0.875. The Bertz CT molecular complexity index is 565. The summed E-state index contributed by atoms with van der Waals surface area (Å²) in [7, 11) is -5.05. The molecule has 2 heterocycles. The van der Waals surface area contributed by atoms with Gasteiger partial charge in [0, 0.05) is 6.92 Å². The Balaban J connectivity index is 2.60. The van der Waals surface area contributed by atoms with E-state index < -0.39 is 52.6 Å². The minimum Gasteiger partial charge on any atom is -0.394 e. The first-order chi connectivity index (χ1) is 9.41. The molecule has 12 nitrogen and oxygen atoms in total. The molecule has 2 fully saturated rings. The van der Waals surface area contributed by atoms with Crippen LogP contribution in [-0.4, -0.2) is 76.2 Å². The average Bonchev–Trinajstić information content (AvgIpc) is 2.51. The highest BCUT2D eigenvalue weighted by atomic mass is 32.3. The molecule has 2 rings (SSSR count). The first-order valence-electron chi connectivity index (χ1n) is 5.49. The zero-order valence-electron chi connectivity index (χ0n) is 10.5. The monoisotopic (exact) mass is 331 g/mol. The van der Waals surface area contributed by atoms with Crippen molar-refractivity contribution in [2.24, 2.45) is 0 Å². The Hall–Kier alpha value is -0.900. The summed E-state index contributed by atoms with van der Waals surface area (Å²) in [5, 5.41) is 50.8. The van der Waals surface area contributed by atoms with Gasteiger partial charge in [-0.15, -0.1) is 0 Å². The highest BCUT2D eigenvalue weighted by Gasteiger charge is 2.81. The summed E-state index contributed by atoms with van der Waals surface area (Å²) >= 11 is 0. The third kappa shape index (κ3) is 2.14. The van der Waals surface area contributed by atoms with Gasteiger partial charge in [0.25, 0.3) is 5.79 Å². The first kappa shape index (κ1) is 16.5. The second kappa shape index (κ2) is 4.55. The van der Waals surface area contributed by atoms with Crippen molar-refractivity contribution in [1.82, 2.24) is 5.32 Å². The predicted octanol–water partition coefficient (Wildman–Crippen LogP) is -4.81. The summed E-state index contributed by atoms with van der Waals surface area (Å²) in [5.74, 6) is -11.4. The number of hydrogen-bond acceptors (Lipinski definition) is 11. The number of ether oxygens (including phenoxy) is 1. The summed E-state index contributed by atoms with van der Waals surface area (Å²) in [6.45, 7) is -0.155. The standard InChI is InChI=1S/C8H13NO11S/c1-3(11)9-8(15)7(14)6(13,19-21(16,17)20-7)5(12)4(2-10)18-8/h4-5,10,12-15H,2H2,1H3,(H,9,11)/t4-,5+,6-,7-,8+/m1/s1. The summed E-state index contributed by atoms with van der Waals surface area (Å²) in [4.78, 5) is 11.1. The quantitative estimate of drug-likeness (QED) is 0.266. The van der Waals surface area contributed by atoms with Gasteiger partial charge in [-0.25, -0.2) is 4.18 Å². The van der Waals surface area contributed by atoms with Crippen molar-refractivity contribution in [3.63, 3.8) is 0 Å². The molecule has 0 bridgehead atoms. The van der Waals surface area contributed by atoms with E-state index >= 15 is 0 Å². The van der Waals surface area contributed by atoms with E-state index in [4.69, 9.17) is 5.11 Å². The molecular weight excluding hydrogens is 318 g/mol. The smallest absolute Gasteiger partial charge is 0.394 e. The number of rotatable bonds is 2. The number of amides is 1. The predicted molar refractivity (Wildman–Crippen MR) is 57.7 cm³/mol. The van der Waals surface area contributed by atoms with Crippen LogP contribution in [-0.2, 0) is 28.3 Å². The van der Waals surface area contributed by atoms with E-state index in [1.807, 2.05) is 0 Å². The van der Waals surface area contributed by atoms with Crippen LogP contribution in [0.5, 0.6) is 0 Å². The maximum atomic E-state index is 11.3. The van der Waals surface area contributed by atoms with Crippen molar-refractivity contribution < 1.29 is 51.8 Å². The lowest BCUT2D eigenvalue weighted by molar-refractivity contribution is -0.486. The Morgan fingerprint density at radius 1 is 1.29 bits per heavy atom. The van der Waals surface area contributed by atoms with Crippen molar-refractivity contribution in [3.05, 3.63) is 0 Å². The molecule has 2 aliphatic heterocycles. The molecule has 0 saturated carbocycles. The summed E-state index contributed by atoms with van der Waals surface area (Å²) in [6.07, 6.45) is -4.15. The van der Waals surface area contributed by atoms with E-state index in [0.717, 1.165) is 6.92 Å². The minimum absolute atomic E-state index is 0.868. The van der Waals surface area contributed by atoms with Gasteiger partial charge in [-0.2, -0.15) is 12.6 Å². The van der Waals surface area contributed by atoms with Crippen molar-refractivity contribution in [2.75, 3.05) is 6.61 Å². The molecule has 21 heavy (non-hydrogen) atoms. The third-order valence-electron chi connectivity index (χ3n) is 3.00. The molecule has 0 aliphatic carbocycles. The highest BCUT2D eigenvalue weighted by Crippen LogP contribution is 2.49. The Labute approximate surface area is 117 Å². The van der Waals surface area contributed by atoms with Crippen LogP contribution in [0.3, 0.4) is 0 Å². The van der Waals surface area contributed by atoms with Gasteiger partial charge in [0.1, 0.15) is 12.2 Å². The van der Waals surface area contributed by atoms with Crippen LogP contribution in [0.2, 0.25) is 0 Å².